The van der Waals surface area contributed by atoms with E-state index in [1.54, 1.807) is 22.4 Å². The van der Waals surface area contributed by atoms with Gasteiger partial charge in [-0.05, 0) is 24.0 Å². The number of para-hydroxylation sites is 1. The molecule has 1 aromatic carbocycles. The molecule has 1 unspecified atom stereocenters. The molecule has 6 heteroatoms. The molecule has 1 N–H and O–H groups in total. The normalized spacial score (nSPS) is 16.1. The van der Waals surface area contributed by atoms with Gasteiger partial charge in [-0.1, -0.05) is 50.7 Å². The maximum atomic E-state index is 12.5. The number of aromatic nitrogens is 2. The third kappa shape index (κ3) is 3.79. The number of hydrogen-bond acceptors (Lipinski definition) is 4. The molecule has 0 saturated heterocycles. The quantitative estimate of drug-likeness (QED) is 0.831. The molecule has 2 aromatic rings. The van der Waals surface area contributed by atoms with Crippen LogP contribution in [0.2, 0.25) is 0 Å². The van der Waals surface area contributed by atoms with Crippen LogP contribution in [0, 0.1) is 0 Å². The molecule has 0 fully saturated rings. The summed E-state index contributed by atoms with van der Waals surface area (Å²) in [5.41, 5.74) is 2.70. The number of benzene rings is 1. The molecule has 5 nitrogen and oxygen atoms in total. The Morgan fingerprint density at radius 3 is 2.88 bits per heavy atom. The minimum Gasteiger partial charge on any atom is -0.326 e. The Morgan fingerprint density at radius 2 is 2.16 bits per heavy atom. The van der Waals surface area contributed by atoms with Crippen LogP contribution in [0.15, 0.2) is 40.3 Å². The van der Waals surface area contributed by atoms with Crippen LogP contribution in [0.3, 0.4) is 0 Å². The van der Waals surface area contributed by atoms with E-state index in [4.69, 9.17) is 0 Å². The number of aryl methyl sites for hydroxylation is 1. The molecular weight excluding hydrogens is 334 g/mol. The van der Waals surface area contributed by atoms with Crippen molar-refractivity contribution < 1.29 is 4.79 Å². The van der Waals surface area contributed by atoms with Crippen molar-refractivity contribution in [2.75, 3.05) is 11.1 Å². The van der Waals surface area contributed by atoms with E-state index < -0.39 is 0 Å². The fourth-order valence-corrected chi connectivity index (χ4v) is 4.14. The summed E-state index contributed by atoms with van der Waals surface area (Å²) in [4.78, 5) is 29.5. The number of carbonyl (C=O) groups excluding carboxylic acids is 1. The Labute approximate surface area is 151 Å². The van der Waals surface area contributed by atoms with Crippen LogP contribution in [0.4, 0.5) is 5.69 Å². The van der Waals surface area contributed by atoms with E-state index >= 15 is 0 Å². The number of rotatable bonds is 5. The van der Waals surface area contributed by atoms with E-state index in [0.29, 0.717) is 5.75 Å². The maximum Gasteiger partial charge on any atom is 0.254 e. The second-order valence-corrected chi connectivity index (χ2v) is 7.54. The molecule has 25 heavy (non-hydrogen) atoms. The maximum absolute atomic E-state index is 12.5. The van der Waals surface area contributed by atoms with Crippen molar-refractivity contribution in [3.63, 3.8) is 0 Å². The molecule has 0 bridgehead atoms. The van der Waals surface area contributed by atoms with Gasteiger partial charge >= 0.3 is 0 Å². The molecule has 2 heterocycles. The van der Waals surface area contributed by atoms with Crippen LogP contribution in [0.25, 0.3) is 0 Å². The Hall–Kier alpha value is -2.08. The van der Waals surface area contributed by atoms with E-state index in [-0.39, 0.29) is 29.8 Å². The lowest BCUT2D eigenvalue weighted by molar-refractivity contribution is -0.116. The van der Waals surface area contributed by atoms with Gasteiger partial charge in [0.05, 0.1) is 11.7 Å². The fourth-order valence-electron chi connectivity index (χ4n) is 2.98. The SMILES string of the molecule is CCc1ccccc1NC(=O)CC1CSc2nc(C(C)C)cc(=O)n21. The van der Waals surface area contributed by atoms with Crippen molar-refractivity contribution in [1.82, 2.24) is 9.55 Å². The van der Waals surface area contributed by atoms with Crippen molar-refractivity contribution in [1.29, 1.82) is 0 Å². The van der Waals surface area contributed by atoms with Crippen molar-refractivity contribution in [3.05, 3.63) is 51.9 Å². The molecule has 1 aromatic heterocycles. The van der Waals surface area contributed by atoms with E-state index in [9.17, 15) is 9.59 Å². The zero-order chi connectivity index (χ0) is 18.0. The van der Waals surface area contributed by atoms with Crippen molar-refractivity contribution in [3.8, 4) is 0 Å². The molecule has 132 valence electrons. The molecular formula is C19H23N3O2S. The Bertz CT molecular complexity index is 845. The molecule has 0 saturated carbocycles. The lowest BCUT2D eigenvalue weighted by Gasteiger charge is -2.15. The summed E-state index contributed by atoms with van der Waals surface area (Å²) in [6, 6.07) is 9.26. The van der Waals surface area contributed by atoms with Gasteiger partial charge in [0.15, 0.2) is 5.16 Å². The highest BCUT2D eigenvalue weighted by Crippen LogP contribution is 2.33. The van der Waals surface area contributed by atoms with Crippen molar-refractivity contribution in [2.24, 2.45) is 0 Å². The lowest BCUT2D eigenvalue weighted by Crippen LogP contribution is -2.28. The van der Waals surface area contributed by atoms with Gasteiger partial charge in [0, 0.05) is 23.9 Å². The molecule has 3 rings (SSSR count). The van der Waals surface area contributed by atoms with Gasteiger partial charge in [-0.2, -0.15) is 0 Å². The van der Waals surface area contributed by atoms with E-state index in [0.717, 1.165) is 28.5 Å². The topological polar surface area (TPSA) is 64.0 Å². The summed E-state index contributed by atoms with van der Waals surface area (Å²) in [6.45, 7) is 6.11. The van der Waals surface area contributed by atoms with Crippen LogP contribution in [-0.4, -0.2) is 21.2 Å². The predicted molar refractivity (Wildman–Crippen MR) is 101 cm³/mol. The Balaban J connectivity index is 1.76. The zero-order valence-corrected chi connectivity index (χ0v) is 15.6. The predicted octanol–water partition coefficient (Wildman–Crippen LogP) is 3.60. The van der Waals surface area contributed by atoms with E-state index in [1.165, 1.54) is 0 Å². The zero-order valence-electron chi connectivity index (χ0n) is 14.8. The van der Waals surface area contributed by atoms with Gasteiger partial charge in [-0.25, -0.2) is 4.98 Å². The number of carbonyl (C=O) groups is 1. The number of hydrogen-bond donors (Lipinski definition) is 1. The van der Waals surface area contributed by atoms with Gasteiger partial charge in [0.1, 0.15) is 0 Å². The summed E-state index contributed by atoms with van der Waals surface area (Å²) in [7, 11) is 0. The number of anilines is 1. The number of thioether (sulfide) groups is 1. The van der Waals surface area contributed by atoms with Gasteiger partial charge in [-0.15, -0.1) is 0 Å². The molecule has 0 radical (unpaired) electrons. The van der Waals surface area contributed by atoms with Crippen molar-refractivity contribution in [2.45, 2.75) is 50.7 Å². The van der Waals surface area contributed by atoms with Crippen LogP contribution >= 0.6 is 11.8 Å². The number of nitrogens with zero attached hydrogens (tertiary/aromatic N) is 2. The average Bonchev–Trinajstić information content (AvgIpc) is 2.98. The standard InChI is InChI=1S/C19H23N3O2S/c1-4-13-7-5-6-8-15(13)20-17(23)9-14-11-25-19-21-16(12(2)3)10-18(24)22(14)19/h5-8,10,12,14H,4,9,11H2,1-3H3,(H,20,23). The molecule has 1 aliphatic heterocycles. The average molecular weight is 357 g/mol. The molecule has 0 aliphatic carbocycles. The highest BCUT2D eigenvalue weighted by molar-refractivity contribution is 7.99. The smallest absolute Gasteiger partial charge is 0.254 e. The largest absolute Gasteiger partial charge is 0.326 e. The van der Waals surface area contributed by atoms with E-state index in [1.807, 2.05) is 38.1 Å². The van der Waals surface area contributed by atoms with Gasteiger partial charge in [0.25, 0.3) is 5.56 Å². The molecule has 1 atom stereocenters. The van der Waals surface area contributed by atoms with E-state index in [2.05, 4.69) is 17.2 Å². The second-order valence-electron chi connectivity index (χ2n) is 6.55. The van der Waals surface area contributed by atoms with Gasteiger partial charge in [0.2, 0.25) is 5.91 Å². The minimum absolute atomic E-state index is 0.0644. The summed E-state index contributed by atoms with van der Waals surface area (Å²) in [6.07, 6.45) is 1.14. The third-order valence-electron chi connectivity index (χ3n) is 4.39. The van der Waals surface area contributed by atoms with Crippen LogP contribution < -0.4 is 10.9 Å². The van der Waals surface area contributed by atoms with Crippen molar-refractivity contribution >= 4 is 23.4 Å². The minimum atomic E-state index is -0.144. The second kappa shape index (κ2) is 7.44. The molecule has 1 amide bonds. The van der Waals surface area contributed by atoms with Gasteiger partial charge in [-0.3, -0.25) is 14.2 Å². The first-order valence-corrected chi connectivity index (χ1v) is 9.62. The van der Waals surface area contributed by atoms with Gasteiger partial charge < -0.3 is 5.32 Å². The summed E-state index contributed by atoms with van der Waals surface area (Å²) < 4.78 is 1.67. The van der Waals surface area contributed by atoms with Crippen LogP contribution in [0.5, 0.6) is 0 Å². The first-order valence-electron chi connectivity index (χ1n) is 8.63. The highest BCUT2D eigenvalue weighted by atomic mass is 32.2. The first-order chi connectivity index (χ1) is 12.0. The lowest BCUT2D eigenvalue weighted by atomic mass is 10.1. The number of nitrogens with one attached hydrogen (secondary N) is 1. The fraction of sp³-hybridized carbons (Fsp3) is 0.421. The summed E-state index contributed by atoms with van der Waals surface area (Å²) in [5, 5.41) is 3.71. The molecule has 0 spiro atoms. The molecule has 1 aliphatic rings. The Kier molecular flexibility index (Phi) is 5.27. The van der Waals surface area contributed by atoms with Crippen LogP contribution in [0.1, 0.15) is 50.4 Å². The van der Waals surface area contributed by atoms with Crippen LogP contribution in [-0.2, 0) is 11.2 Å². The highest BCUT2D eigenvalue weighted by Gasteiger charge is 2.28. The third-order valence-corrected chi connectivity index (χ3v) is 5.49. The number of amides is 1. The summed E-state index contributed by atoms with van der Waals surface area (Å²) >= 11 is 1.55. The monoisotopic (exact) mass is 357 g/mol. The Morgan fingerprint density at radius 1 is 1.40 bits per heavy atom. The number of fused-ring (bicyclic) bond motifs is 1. The summed E-state index contributed by atoms with van der Waals surface area (Å²) in [5.74, 6) is 0.846. The first kappa shape index (κ1) is 17.7.